The van der Waals surface area contributed by atoms with Crippen molar-refractivity contribution >= 4 is 5.69 Å². The monoisotopic (exact) mass is 277 g/mol. The first-order valence-corrected chi connectivity index (χ1v) is 7.21. The minimum Gasteiger partial charge on any atom is -0.325 e. The number of aromatic nitrogens is 1. The van der Waals surface area contributed by atoms with Crippen LogP contribution >= 0.6 is 0 Å². The molecule has 20 heavy (non-hydrogen) atoms. The van der Waals surface area contributed by atoms with Gasteiger partial charge in [0.05, 0.1) is 10.6 Å². The van der Waals surface area contributed by atoms with Gasteiger partial charge in [-0.2, -0.15) is 0 Å². The van der Waals surface area contributed by atoms with E-state index in [-0.39, 0.29) is 16.1 Å². The average Bonchev–Trinajstić information content (AvgIpc) is 2.32. The molecule has 0 radical (unpaired) electrons. The van der Waals surface area contributed by atoms with E-state index in [0.717, 1.165) is 25.0 Å². The fourth-order valence-electron chi connectivity index (χ4n) is 3.42. The van der Waals surface area contributed by atoms with Crippen LogP contribution < -0.4 is 5.73 Å². The van der Waals surface area contributed by atoms with Crippen LogP contribution in [-0.2, 0) is 6.42 Å². The Bertz CT molecular complexity index is 530. The first kappa shape index (κ1) is 14.9. The number of pyridine rings is 1. The Morgan fingerprint density at radius 3 is 2.85 bits per heavy atom. The Morgan fingerprint density at radius 1 is 1.55 bits per heavy atom. The Balaban J connectivity index is 2.30. The van der Waals surface area contributed by atoms with Crippen LogP contribution in [0.2, 0.25) is 0 Å². The molecule has 0 amide bonds. The molecular formula is C15H23N3O2. The highest BCUT2D eigenvalue weighted by molar-refractivity contribution is 5.47. The van der Waals surface area contributed by atoms with Gasteiger partial charge in [-0.15, -0.1) is 0 Å². The van der Waals surface area contributed by atoms with Crippen LogP contribution in [0.15, 0.2) is 6.20 Å². The summed E-state index contributed by atoms with van der Waals surface area (Å²) in [4.78, 5) is 15.2. The SMILES string of the molecule is Cc1cnc(CC2(N)CCCC(C)C2)c(C)c1[N+](=O)[O-]. The van der Waals surface area contributed by atoms with E-state index in [0.29, 0.717) is 23.5 Å². The molecule has 1 aromatic heterocycles. The highest BCUT2D eigenvalue weighted by Crippen LogP contribution is 2.34. The van der Waals surface area contributed by atoms with Gasteiger partial charge >= 0.3 is 0 Å². The van der Waals surface area contributed by atoms with Crippen molar-refractivity contribution in [1.82, 2.24) is 4.98 Å². The van der Waals surface area contributed by atoms with Crippen molar-refractivity contribution in [3.05, 3.63) is 33.1 Å². The lowest BCUT2D eigenvalue weighted by Gasteiger charge is -2.37. The van der Waals surface area contributed by atoms with E-state index in [1.54, 1.807) is 20.0 Å². The van der Waals surface area contributed by atoms with Gasteiger partial charge in [0, 0.05) is 29.3 Å². The van der Waals surface area contributed by atoms with Crippen LogP contribution in [0, 0.1) is 29.9 Å². The number of nitro groups is 1. The quantitative estimate of drug-likeness (QED) is 0.680. The second-order valence-electron chi connectivity index (χ2n) is 6.36. The van der Waals surface area contributed by atoms with Gasteiger partial charge in [0.1, 0.15) is 0 Å². The van der Waals surface area contributed by atoms with E-state index in [4.69, 9.17) is 5.73 Å². The Hall–Kier alpha value is -1.49. The number of rotatable bonds is 3. The molecule has 0 bridgehead atoms. The predicted molar refractivity (Wildman–Crippen MR) is 78.6 cm³/mol. The normalized spacial score (nSPS) is 26.5. The third-order valence-electron chi connectivity index (χ3n) is 4.40. The van der Waals surface area contributed by atoms with Gasteiger partial charge in [-0.3, -0.25) is 15.1 Å². The van der Waals surface area contributed by atoms with Crippen LogP contribution in [0.4, 0.5) is 5.69 Å². The first-order chi connectivity index (χ1) is 9.32. The van der Waals surface area contributed by atoms with Gasteiger partial charge in [0.15, 0.2) is 0 Å². The lowest BCUT2D eigenvalue weighted by atomic mass is 9.74. The van der Waals surface area contributed by atoms with Crippen molar-refractivity contribution < 1.29 is 4.92 Å². The zero-order valence-corrected chi connectivity index (χ0v) is 12.5. The molecule has 1 aromatic rings. The highest BCUT2D eigenvalue weighted by Gasteiger charge is 2.33. The Labute approximate surface area is 119 Å². The maximum atomic E-state index is 11.2. The maximum Gasteiger partial charge on any atom is 0.278 e. The van der Waals surface area contributed by atoms with Gasteiger partial charge in [-0.05, 0) is 32.6 Å². The third kappa shape index (κ3) is 2.98. The molecule has 2 N–H and O–H groups in total. The number of nitrogens with two attached hydrogens (primary N) is 1. The molecule has 1 heterocycles. The molecule has 2 atom stereocenters. The average molecular weight is 277 g/mol. The number of nitrogens with zero attached hydrogens (tertiary/aromatic N) is 2. The smallest absolute Gasteiger partial charge is 0.278 e. The second kappa shape index (κ2) is 5.48. The van der Waals surface area contributed by atoms with Crippen LogP contribution in [0.1, 0.15) is 49.4 Å². The zero-order valence-electron chi connectivity index (χ0n) is 12.5. The summed E-state index contributed by atoms with van der Waals surface area (Å²) in [6, 6.07) is 0. The van der Waals surface area contributed by atoms with Crippen molar-refractivity contribution in [2.45, 2.75) is 58.4 Å². The molecule has 0 aliphatic heterocycles. The van der Waals surface area contributed by atoms with Crippen LogP contribution in [-0.4, -0.2) is 15.4 Å². The topological polar surface area (TPSA) is 82.0 Å². The zero-order chi connectivity index (χ0) is 14.9. The van der Waals surface area contributed by atoms with E-state index < -0.39 is 0 Å². The summed E-state index contributed by atoms with van der Waals surface area (Å²) in [5.41, 5.74) is 8.47. The van der Waals surface area contributed by atoms with Gasteiger partial charge < -0.3 is 5.73 Å². The van der Waals surface area contributed by atoms with Gasteiger partial charge in [-0.1, -0.05) is 19.8 Å². The maximum absolute atomic E-state index is 11.2. The van der Waals surface area contributed by atoms with E-state index in [1.165, 1.54) is 6.42 Å². The van der Waals surface area contributed by atoms with Gasteiger partial charge in [0.2, 0.25) is 0 Å². The fourth-order valence-corrected chi connectivity index (χ4v) is 3.42. The standard InChI is InChI=1S/C15H23N3O2/c1-10-5-4-6-15(16,7-10)8-13-12(3)14(18(19)20)11(2)9-17-13/h9-10H,4-8,16H2,1-3H3. The molecule has 5 nitrogen and oxygen atoms in total. The lowest BCUT2D eigenvalue weighted by Crippen LogP contribution is -2.46. The molecule has 2 unspecified atom stereocenters. The summed E-state index contributed by atoms with van der Waals surface area (Å²) in [5, 5.41) is 11.2. The molecular weight excluding hydrogens is 254 g/mol. The fraction of sp³-hybridized carbons (Fsp3) is 0.667. The molecule has 5 heteroatoms. The molecule has 0 aromatic carbocycles. The molecule has 0 spiro atoms. The second-order valence-corrected chi connectivity index (χ2v) is 6.36. The molecule has 2 rings (SSSR count). The molecule has 1 aliphatic rings. The summed E-state index contributed by atoms with van der Waals surface area (Å²) >= 11 is 0. The lowest BCUT2D eigenvalue weighted by molar-refractivity contribution is -0.386. The van der Waals surface area contributed by atoms with Crippen LogP contribution in [0.5, 0.6) is 0 Å². The molecule has 0 saturated heterocycles. The van der Waals surface area contributed by atoms with Crippen LogP contribution in [0.25, 0.3) is 0 Å². The van der Waals surface area contributed by atoms with Crippen molar-refractivity contribution in [3.8, 4) is 0 Å². The summed E-state index contributed by atoms with van der Waals surface area (Å²) in [5.74, 6) is 0.620. The summed E-state index contributed by atoms with van der Waals surface area (Å²) in [6.07, 6.45) is 6.51. The number of aryl methyl sites for hydroxylation is 1. The van der Waals surface area contributed by atoms with Gasteiger partial charge in [-0.25, -0.2) is 0 Å². The minimum atomic E-state index is -0.317. The van der Waals surface area contributed by atoms with E-state index in [2.05, 4.69) is 11.9 Å². The molecule has 110 valence electrons. The highest BCUT2D eigenvalue weighted by atomic mass is 16.6. The molecule has 1 saturated carbocycles. The van der Waals surface area contributed by atoms with E-state index in [1.807, 2.05) is 0 Å². The predicted octanol–water partition coefficient (Wildman–Crippen LogP) is 3.06. The van der Waals surface area contributed by atoms with E-state index in [9.17, 15) is 10.1 Å². The summed E-state index contributed by atoms with van der Waals surface area (Å²) in [7, 11) is 0. The van der Waals surface area contributed by atoms with Crippen molar-refractivity contribution in [2.24, 2.45) is 11.7 Å². The van der Waals surface area contributed by atoms with E-state index >= 15 is 0 Å². The Kier molecular flexibility index (Phi) is 4.09. The number of hydrogen-bond acceptors (Lipinski definition) is 4. The van der Waals surface area contributed by atoms with Crippen LogP contribution in [0.3, 0.4) is 0 Å². The number of hydrogen-bond donors (Lipinski definition) is 1. The molecule has 1 aliphatic carbocycles. The van der Waals surface area contributed by atoms with Gasteiger partial charge in [0.25, 0.3) is 5.69 Å². The van der Waals surface area contributed by atoms with Crippen molar-refractivity contribution in [3.63, 3.8) is 0 Å². The summed E-state index contributed by atoms with van der Waals surface area (Å²) in [6.45, 7) is 5.73. The Morgan fingerprint density at radius 2 is 2.25 bits per heavy atom. The largest absolute Gasteiger partial charge is 0.325 e. The minimum absolute atomic E-state index is 0.183. The summed E-state index contributed by atoms with van der Waals surface area (Å²) < 4.78 is 0. The van der Waals surface area contributed by atoms with Crippen molar-refractivity contribution in [2.75, 3.05) is 0 Å². The first-order valence-electron chi connectivity index (χ1n) is 7.21. The third-order valence-corrected chi connectivity index (χ3v) is 4.40. The van der Waals surface area contributed by atoms with Crippen molar-refractivity contribution in [1.29, 1.82) is 0 Å². The molecule has 1 fully saturated rings.